The van der Waals surface area contributed by atoms with Crippen molar-refractivity contribution in [3.63, 3.8) is 0 Å². The second-order valence-corrected chi connectivity index (χ2v) is 5.95. The second-order valence-electron chi connectivity index (χ2n) is 4.81. The van der Waals surface area contributed by atoms with Crippen molar-refractivity contribution in [3.05, 3.63) is 16.1 Å². The third-order valence-corrected chi connectivity index (χ3v) is 4.49. The van der Waals surface area contributed by atoms with Gasteiger partial charge in [-0.25, -0.2) is 4.98 Å². The Bertz CT molecular complexity index is 337. The van der Waals surface area contributed by atoms with Gasteiger partial charge in [-0.05, 0) is 40.4 Å². The number of nitrogens with zero attached hydrogens (tertiary/aromatic N) is 2. The van der Waals surface area contributed by atoms with Crippen LogP contribution in [-0.4, -0.2) is 43.1 Å². The Morgan fingerprint density at radius 2 is 2.50 bits per heavy atom. The number of rotatable bonds is 4. The predicted molar refractivity (Wildman–Crippen MR) is 69.2 cm³/mol. The SMILES string of the molecule is CNC(C)Cc1cnc(C2CCN(C)C2)s1. The molecule has 0 saturated carbocycles. The van der Waals surface area contributed by atoms with Gasteiger partial charge in [-0.3, -0.25) is 0 Å². The van der Waals surface area contributed by atoms with Gasteiger partial charge < -0.3 is 10.2 Å². The van der Waals surface area contributed by atoms with Crippen LogP contribution in [0.15, 0.2) is 6.20 Å². The average Bonchev–Trinajstić information content (AvgIpc) is 2.87. The number of nitrogens with one attached hydrogen (secondary N) is 1. The molecule has 90 valence electrons. The molecule has 1 aromatic heterocycles. The first-order valence-electron chi connectivity index (χ1n) is 5.99. The van der Waals surface area contributed by atoms with Gasteiger partial charge in [0, 0.05) is 29.6 Å². The monoisotopic (exact) mass is 239 g/mol. The quantitative estimate of drug-likeness (QED) is 0.867. The summed E-state index contributed by atoms with van der Waals surface area (Å²) in [6.07, 6.45) is 4.42. The molecule has 2 heterocycles. The van der Waals surface area contributed by atoms with E-state index in [-0.39, 0.29) is 0 Å². The van der Waals surface area contributed by atoms with E-state index < -0.39 is 0 Å². The number of likely N-dealkylation sites (tertiary alicyclic amines) is 1. The van der Waals surface area contributed by atoms with E-state index in [1.54, 1.807) is 0 Å². The van der Waals surface area contributed by atoms with E-state index in [4.69, 9.17) is 0 Å². The third-order valence-electron chi connectivity index (χ3n) is 3.31. The smallest absolute Gasteiger partial charge is 0.0971 e. The molecule has 0 radical (unpaired) electrons. The predicted octanol–water partition coefficient (Wildman–Crippen LogP) is 1.71. The summed E-state index contributed by atoms with van der Waals surface area (Å²) in [5.41, 5.74) is 0. The highest BCUT2D eigenvalue weighted by molar-refractivity contribution is 7.11. The van der Waals surface area contributed by atoms with Gasteiger partial charge in [0.25, 0.3) is 0 Å². The Hall–Kier alpha value is -0.450. The van der Waals surface area contributed by atoms with Gasteiger partial charge in [0.2, 0.25) is 0 Å². The Morgan fingerprint density at radius 3 is 3.12 bits per heavy atom. The third kappa shape index (κ3) is 2.81. The number of hydrogen-bond donors (Lipinski definition) is 1. The molecule has 4 heteroatoms. The standard InChI is InChI=1S/C12H21N3S/c1-9(13-2)6-11-7-14-12(16-11)10-4-5-15(3)8-10/h7,9-10,13H,4-6,8H2,1-3H3. The summed E-state index contributed by atoms with van der Waals surface area (Å²) >= 11 is 1.90. The fourth-order valence-electron chi connectivity index (χ4n) is 2.15. The number of aromatic nitrogens is 1. The van der Waals surface area contributed by atoms with Crippen LogP contribution in [0.1, 0.15) is 29.1 Å². The highest BCUT2D eigenvalue weighted by atomic mass is 32.1. The molecule has 2 unspecified atom stereocenters. The van der Waals surface area contributed by atoms with Crippen LogP contribution in [0, 0.1) is 0 Å². The molecule has 1 N–H and O–H groups in total. The minimum absolute atomic E-state index is 0.541. The maximum atomic E-state index is 4.58. The second kappa shape index (κ2) is 5.25. The number of likely N-dealkylation sites (N-methyl/N-ethyl adjacent to an activating group) is 2. The molecule has 1 aliphatic heterocycles. The fourth-order valence-corrected chi connectivity index (χ4v) is 3.32. The summed E-state index contributed by atoms with van der Waals surface area (Å²) in [5.74, 6) is 0.675. The molecule has 1 aromatic rings. The van der Waals surface area contributed by atoms with Crippen molar-refractivity contribution in [3.8, 4) is 0 Å². The molecule has 0 aliphatic carbocycles. The van der Waals surface area contributed by atoms with Crippen LogP contribution in [0.5, 0.6) is 0 Å². The van der Waals surface area contributed by atoms with Crippen molar-refractivity contribution in [1.82, 2.24) is 15.2 Å². The molecule has 3 nitrogen and oxygen atoms in total. The molecule has 1 fully saturated rings. The molecule has 0 bridgehead atoms. The molecule has 1 saturated heterocycles. The summed E-state index contributed by atoms with van der Waals surface area (Å²) < 4.78 is 0. The lowest BCUT2D eigenvalue weighted by atomic mass is 10.1. The van der Waals surface area contributed by atoms with E-state index in [9.17, 15) is 0 Å². The molecule has 0 amide bonds. The highest BCUT2D eigenvalue weighted by Crippen LogP contribution is 2.29. The minimum atomic E-state index is 0.541. The topological polar surface area (TPSA) is 28.2 Å². The van der Waals surface area contributed by atoms with Gasteiger partial charge in [0.1, 0.15) is 0 Å². The molecule has 1 aliphatic rings. The Kier molecular flexibility index (Phi) is 3.95. The Labute approximate surface area is 102 Å². The van der Waals surface area contributed by atoms with Gasteiger partial charge in [-0.15, -0.1) is 11.3 Å². The van der Waals surface area contributed by atoms with Gasteiger partial charge in [0.05, 0.1) is 5.01 Å². The van der Waals surface area contributed by atoms with Crippen LogP contribution in [-0.2, 0) is 6.42 Å². The summed E-state index contributed by atoms with van der Waals surface area (Å²) in [6.45, 7) is 4.60. The molecule has 16 heavy (non-hydrogen) atoms. The first-order valence-corrected chi connectivity index (χ1v) is 6.81. The molecule has 0 spiro atoms. The van der Waals surface area contributed by atoms with Crippen LogP contribution in [0.2, 0.25) is 0 Å². The lowest BCUT2D eigenvalue weighted by Gasteiger charge is -2.08. The minimum Gasteiger partial charge on any atom is -0.317 e. The van der Waals surface area contributed by atoms with Gasteiger partial charge >= 0.3 is 0 Å². The van der Waals surface area contributed by atoms with Crippen molar-refractivity contribution in [2.75, 3.05) is 27.2 Å². The van der Waals surface area contributed by atoms with E-state index in [2.05, 4.69) is 35.4 Å². The largest absolute Gasteiger partial charge is 0.317 e. The van der Waals surface area contributed by atoms with Crippen LogP contribution in [0.3, 0.4) is 0 Å². The van der Waals surface area contributed by atoms with Crippen molar-refractivity contribution in [2.24, 2.45) is 0 Å². The zero-order valence-corrected chi connectivity index (χ0v) is 11.2. The van der Waals surface area contributed by atoms with E-state index >= 15 is 0 Å². The lowest BCUT2D eigenvalue weighted by Crippen LogP contribution is -2.22. The zero-order valence-electron chi connectivity index (χ0n) is 10.4. The van der Waals surface area contributed by atoms with Crippen LogP contribution < -0.4 is 5.32 Å². The molecule has 2 atom stereocenters. The van der Waals surface area contributed by atoms with Crippen molar-refractivity contribution in [1.29, 1.82) is 0 Å². The fraction of sp³-hybridized carbons (Fsp3) is 0.750. The zero-order chi connectivity index (χ0) is 11.5. The Morgan fingerprint density at radius 1 is 1.69 bits per heavy atom. The van der Waals surface area contributed by atoms with E-state index in [1.807, 2.05) is 18.4 Å². The average molecular weight is 239 g/mol. The highest BCUT2D eigenvalue weighted by Gasteiger charge is 2.23. The van der Waals surface area contributed by atoms with Crippen LogP contribution >= 0.6 is 11.3 Å². The van der Waals surface area contributed by atoms with Gasteiger partial charge in [0.15, 0.2) is 0 Å². The first kappa shape index (κ1) is 12.0. The Balaban J connectivity index is 1.97. The number of thiazole rings is 1. The molecule has 0 aromatic carbocycles. The lowest BCUT2D eigenvalue weighted by molar-refractivity contribution is 0.411. The summed E-state index contributed by atoms with van der Waals surface area (Å²) in [6, 6.07) is 0.541. The van der Waals surface area contributed by atoms with Gasteiger partial charge in [-0.1, -0.05) is 0 Å². The molecule has 2 rings (SSSR count). The van der Waals surface area contributed by atoms with Crippen molar-refractivity contribution in [2.45, 2.75) is 31.7 Å². The van der Waals surface area contributed by atoms with Crippen LogP contribution in [0.25, 0.3) is 0 Å². The number of hydrogen-bond acceptors (Lipinski definition) is 4. The first-order chi connectivity index (χ1) is 7.69. The van der Waals surface area contributed by atoms with E-state index in [1.165, 1.54) is 29.4 Å². The van der Waals surface area contributed by atoms with Crippen molar-refractivity contribution < 1.29 is 0 Å². The van der Waals surface area contributed by atoms with E-state index in [0.29, 0.717) is 12.0 Å². The normalized spacial score (nSPS) is 23.8. The molecular formula is C12H21N3S. The maximum absolute atomic E-state index is 4.58. The summed E-state index contributed by atoms with van der Waals surface area (Å²) in [7, 11) is 4.20. The van der Waals surface area contributed by atoms with E-state index in [0.717, 1.165) is 6.42 Å². The summed E-state index contributed by atoms with van der Waals surface area (Å²) in [5, 5.41) is 4.61. The maximum Gasteiger partial charge on any atom is 0.0971 e. The van der Waals surface area contributed by atoms with Crippen LogP contribution in [0.4, 0.5) is 0 Å². The summed E-state index contributed by atoms with van der Waals surface area (Å²) in [4.78, 5) is 8.38. The van der Waals surface area contributed by atoms with Gasteiger partial charge in [-0.2, -0.15) is 0 Å². The molecular weight excluding hydrogens is 218 g/mol. The van der Waals surface area contributed by atoms with Crippen molar-refractivity contribution >= 4 is 11.3 Å².